The van der Waals surface area contributed by atoms with Gasteiger partial charge in [0.2, 0.25) is 11.8 Å². The maximum absolute atomic E-state index is 6.11. The van der Waals surface area contributed by atoms with E-state index in [9.17, 15) is 0 Å². The van der Waals surface area contributed by atoms with E-state index in [0.29, 0.717) is 23.2 Å². The minimum atomic E-state index is 0.346. The lowest BCUT2D eigenvalue weighted by Crippen LogP contribution is -2.47. The number of piperazine rings is 1. The number of furan rings is 1. The molecule has 0 aromatic carbocycles. The Kier molecular flexibility index (Phi) is 3.37. The zero-order valence-electron chi connectivity index (χ0n) is 14.0. The second kappa shape index (κ2) is 5.73. The van der Waals surface area contributed by atoms with Gasteiger partial charge in [0.05, 0.1) is 6.26 Å². The van der Waals surface area contributed by atoms with Crippen LogP contribution < -0.4 is 10.6 Å². The quantitative estimate of drug-likeness (QED) is 0.770. The van der Waals surface area contributed by atoms with Gasteiger partial charge in [0.25, 0.3) is 0 Å². The highest BCUT2D eigenvalue weighted by atomic mass is 16.3. The fourth-order valence-electron chi connectivity index (χ4n) is 3.40. The standard InChI is InChI=1S/C17H21N7O/c18-17-20-14(23-7-5-22(6-8-23)11-12-3-4-12)10-15-19-16(21-24(15)17)13-2-1-9-25-13/h1-2,9-10,12H,3-8,11H2,(H2,18,20). The molecule has 0 spiro atoms. The number of nitrogen functional groups attached to an aromatic ring is 1. The van der Waals surface area contributed by atoms with E-state index in [4.69, 9.17) is 10.2 Å². The van der Waals surface area contributed by atoms with Gasteiger partial charge in [-0.25, -0.2) is 4.98 Å². The number of rotatable bonds is 4. The Labute approximate surface area is 145 Å². The lowest BCUT2D eigenvalue weighted by Gasteiger charge is -2.35. The SMILES string of the molecule is Nc1nc(N2CCN(CC3CC3)CC2)cc2nc(-c3ccco3)nn12. The minimum absolute atomic E-state index is 0.346. The van der Waals surface area contributed by atoms with Crippen LogP contribution in [0, 0.1) is 5.92 Å². The van der Waals surface area contributed by atoms with Crippen molar-refractivity contribution in [2.75, 3.05) is 43.4 Å². The molecule has 3 aromatic rings. The van der Waals surface area contributed by atoms with Gasteiger partial charge in [-0.2, -0.15) is 9.50 Å². The van der Waals surface area contributed by atoms with Crippen molar-refractivity contribution in [3.8, 4) is 11.6 Å². The fourth-order valence-corrected chi connectivity index (χ4v) is 3.40. The highest BCUT2D eigenvalue weighted by molar-refractivity contribution is 5.59. The number of nitrogens with zero attached hydrogens (tertiary/aromatic N) is 6. The van der Waals surface area contributed by atoms with Crippen molar-refractivity contribution < 1.29 is 4.42 Å². The molecule has 0 bridgehead atoms. The normalized spacial score (nSPS) is 19.0. The Hall–Kier alpha value is -2.61. The largest absolute Gasteiger partial charge is 0.461 e. The van der Waals surface area contributed by atoms with E-state index < -0.39 is 0 Å². The molecule has 1 aliphatic heterocycles. The molecule has 3 aromatic heterocycles. The number of anilines is 2. The molecular formula is C17H21N7O. The maximum Gasteiger partial charge on any atom is 0.225 e. The van der Waals surface area contributed by atoms with Crippen molar-refractivity contribution in [3.63, 3.8) is 0 Å². The van der Waals surface area contributed by atoms with Crippen LogP contribution >= 0.6 is 0 Å². The molecule has 4 heterocycles. The molecule has 2 N–H and O–H groups in total. The Bertz CT molecular complexity index is 876. The third-order valence-electron chi connectivity index (χ3n) is 4.99. The second-order valence-electron chi connectivity index (χ2n) is 6.89. The van der Waals surface area contributed by atoms with E-state index in [1.54, 1.807) is 10.8 Å². The van der Waals surface area contributed by atoms with E-state index >= 15 is 0 Å². The smallest absolute Gasteiger partial charge is 0.225 e. The Balaban J connectivity index is 1.38. The fraction of sp³-hybridized carbons (Fsp3) is 0.471. The number of aromatic nitrogens is 4. The predicted octanol–water partition coefficient (Wildman–Crippen LogP) is 1.50. The number of fused-ring (bicyclic) bond motifs is 1. The van der Waals surface area contributed by atoms with Crippen LogP contribution in [0.2, 0.25) is 0 Å². The molecule has 1 aliphatic carbocycles. The number of nitrogens with two attached hydrogens (primary N) is 1. The summed E-state index contributed by atoms with van der Waals surface area (Å²) in [6, 6.07) is 5.60. The topological polar surface area (TPSA) is 88.7 Å². The van der Waals surface area contributed by atoms with Crippen molar-refractivity contribution in [2.24, 2.45) is 5.92 Å². The molecule has 0 amide bonds. The van der Waals surface area contributed by atoms with Crippen LogP contribution in [0.25, 0.3) is 17.2 Å². The van der Waals surface area contributed by atoms with Gasteiger partial charge in [-0.05, 0) is 30.9 Å². The summed E-state index contributed by atoms with van der Waals surface area (Å²) in [5, 5.41) is 4.39. The van der Waals surface area contributed by atoms with Gasteiger partial charge in [-0.15, -0.1) is 5.10 Å². The first-order valence-corrected chi connectivity index (χ1v) is 8.81. The van der Waals surface area contributed by atoms with E-state index in [1.807, 2.05) is 18.2 Å². The van der Waals surface area contributed by atoms with E-state index in [-0.39, 0.29) is 0 Å². The van der Waals surface area contributed by atoms with Crippen LogP contribution in [-0.4, -0.2) is 57.2 Å². The first kappa shape index (κ1) is 14.7. The summed E-state index contributed by atoms with van der Waals surface area (Å²) in [5.41, 5.74) is 6.80. The van der Waals surface area contributed by atoms with Crippen LogP contribution in [0.4, 0.5) is 11.8 Å². The maximum atomic E-state index is 6.11. The van der Waals surface area contributed by atoms with Gasteiger partial charge in [0.1, 0.15) is 5.82 Å². The van der Waals surface area contributed by atoms with Crippen molar-refractivity contribution in [3.05, 3.63) is 24.5 Å². The van der Waals surface area contributed by atoms with Gasteiger partial charge in [-0.1, -0.05) is 0 Å². The summed E-state index contributed by atoms with van der Waals surface area (Å²) in [7, 11) is 0. The van der Waals surface area contributed by atoms with Crippen molar-refractivity contribution in [1.82, 2.24) is 24.5 Å². The summed E-state index contributed by atoms with van der Waals surface area (Å²) in [5.74, 6) is 3.30. The third kappa shape index (κ3) is 2.82. The Morgan fingerprint density at radius 2 is 2.00 bits per heavy atom. The Morgan fingerprint density at radius 1 is 1.16 bits per heavy atom. The van der Waals surface area contributed by atoms with Crippen LogP contribution in [0.1, 0.15) is 12.8 Å². The van der Waals surface area contributed by atoms with Gasteiger partial charge in [0, 0.05) is 38.8 Å². The average Bonchev–Trinajstić information content (AvgIpc) is 3.12. The molecule has 25 heavy (non-hydrogen) atoms. The molecule has 2 aliphatic rings. The van der Waals surface area contributed by atoms with Crippen LogP contribution in [0.5, 0.6) is 0 Å². The van der Waals surface area contributed by atoms with E-state index in [2.05, 4.69) is 24.9 Å². The molecule has 0 atom stereocenters. The summed E-state index contributed by atoms with van der Waals surface area (Å²) < 4.78 is 6.93. The molecule has 0 radical (unpaired) electrons. The van der Waals surface area contributed by atoms with Gasteiger partial charge in [0.15, 0.2) is 11.4 Å². The first-order valence-electron chi connectivity index (χ1n) is 8.81. The zero-order chi connectivity index (χ0) is 16.8. The Morgan fingerprint density at radius 3 is 2.72 bits per heavy atom. The van der Waals surface area contributed by atoms with Crippen LogP contribution in [-0.2, 0) is 0 Å². The molecule has 1 saturated heterocycles. The zero-order valence-corrected chi connectivity index (χ0v) is 14.0. The first-order chi connectivity index (χ1) is 12.3. The van der Waals surface area contributed by atoms with Crippen molar-refractivity contribution >= 4 is 17.4 Å². The van der Waals surface area contributed by atoms with Crippen LogP contribution in [0.15, 0.2) is 28.9 Å². The lowest BCUT2D eigenvalue weighted by atomic mass is 10.3. The molecule has 8 heteroatoms. The minimum Gasteiger partial charge on any atom is -0.461 e. The van der Waals surface area contributed by atoms with Crippen molar-refractivity contribution in [1.29, 1.82) is 0 Å². The molecular weight excluding hydrogens is 318 g/mol. The third-order valence-corrected chi connectivity index (χ3v) is 4.99. The van der Waals surface area contributed by atoms with Crippen LogP contribution in [0.3, 0.4) is 0 Å². The number of hydrogen-bond donors (Lipinski definition) is 1. The molecule has 1 saturated carbocycles. The lowest BCUT2D eigenvalue weighted by molar-refractivity contribution is 0.247. The highest BCUT2D eigenvalue weighted by Crippen LogP contribution is 2.30. The predicted molar refractivity (Wildman–Crippen MR) is 94.3 cm³/mol. The van der Waals surface area contributed by atoms with Gasteiger partial charge >= 0.3 is 0 Å². The summed E-state index contributed by atoms with van der Waals surface area (Å²) >= 11 is 0. The molecule has 0 unspecified atom stereocenters. The van der Waals surface area contributed by atoms with E-state index in [1.165, 1.54) is 19.4 Å². The van der Waals surface area contributed by atoms with Gasteiger partial charge < -0.3 is 15.1 Å². The monoisotopic (exact) mass is 339 g/mol. The molecule has 130 valence electrons. The van der Waals surface area contributed by atoms with Gasteiger partial charge in [-0.3, -0.25) is 4.90 Å². The molecule has 5 rings (SSSR count). The highest BCUT2D eigenvalue weighted by Gasteiger charge is 2.27. The molecule has 2 fully saturated rings. The number of hydrogen-bond acceptors (Lipinski definition) is 7. The molecule has 8 nitrogen and oxygen atoms in total. The summed E-state index contributed by atoms with van der Waals surface area (Å²) in [4.78, 5) is 13.9. The van der Waals surface area contributed by atoms with Crippen molar-refractivity contribution in [2.45, 2.75) is 12.8 Å². The summed E-state index contributed by atoms with van der Waals surface area (Å²) in [6.45, 7) is 5.34. The average molecular weight is 339 g/mol. The summed E-state index contributed by atoms with van der Waals surface area (Å²) in [6.07, 6.45) is 4.41. The van der Waals surface area contributed by atoms with E-state index in [0.717, 1.165) is 37.9 Å². The second-order valence-corrected chi connectivity index (χ2v) is 6.89.